The summed E-state index contributed by atoms with van der Waals surface area (Å²) in [5.41, 5.74) is 0.495. The minimum atomic E-state index is -0.619. The lowest BCUT2D eigenvalue weighted by Gasteiger charge is -2.32. The van der Waals surface area contributed by atoms with Crippen molar-refractivity contribution in [3.63, 3.8) is 0 Å². The molecular formula is C21H36IN3O3. The highest BCUT2D eigenvalue weighted by Gasteiger charge is 2.29. The van der Waals surface area contributed by atoms with E-state index in [0.29, 0.717) is 13.1 Å². The summed E-state index contributed by atoms with van der Waals surface area (Å²) in [7, 11) is 1.66. The monoisotopic (exact) mass is 505 g/mol. The van der Waals surface area contributed by atoms with E-state index in [2.05, 4.69) is 15.6 Å². The predicted molar refractivity (Wildman–Crippen MR) is 125 cm³/mol. The predicted octanol–water partition coefficient (Wildman–Crippen LogP) is 3.47. The van der Waals surface area contributed by atoms with Crippen LogP contribution in [0.25, 0.3) is 0 Å². The van der Waals surface area contributed by atoms with E-state index in [-0.39, 0.29) is 24.0 Å². The molecule has 0 unspecified atom stereocenters. The van der Waals surface area contributed by atoms with E-state index >= 15 is 0 Å². The van der Waals surface area contributed by atoms with Crippen molar-refractivity contribution in [2.24, 2.45) is 4.99 Å². The van der Waals surface area contributed by atoms with Gasteiger partial charge in [0.2, 0.25) is 0 Å². The molecule has 160 valence electrons. The molecule has 0 saturated heterocycles. The van der Waals surface area contributed by atoms with Gasteiger partial charge < -0.3 is 25.2 Å². The Bertz CT molecular complexity index is 561. The van der Waals surface area contributed by atoms with Gasteiger partial charge in [-0.25, -0.2) is 4.99 Å². The Balaban J connectivity index is 0.00000392. The van der Waals surface area contributed by atoms with Gasteiger partial charge in [0, 0.05) is 26.3 Å². The fourth-order valence-corrected chi connectivity index (χ4v) is 3.24. The first-order valence-corrected chi connectivity index (χ1v) is 10.1. The minimum Gasteiger partial charge on any atom is -0.497 e. The van der Waals surface area contributed by atoms with Crippen molar-refractivity contribution < 1.29 is 14.6 Å². The lowest BCUT2D eigenvalue weighted by Crippen LogP contribution is -2.48. The molecule has 6 nitrogen and oxygen atoms in total. The van der Waals surface area contributed by atoms with Gasteiger partial charge in [-0.1, -0.05) is 31.4 Å². The van der Waals surface area contributed by atoms with E-state index in [1.165, 1.54) is 6.42 Å². The second kappa shape index (κ2) is 14.0. The molecular weight excluding hydrogens is 469 g/mol. The van der Waals surface area contributed by atoms with Crippen LogP contribution in [0.5, 0.6) is 5.75 Å². The van der Waals surface area contributed by atoms with Gasteiger partial charge >= 0.3 is 0 Å². The van der Waals surface area contributed by atoms with Gasteiger partial charge in [-0.15, -0.1) is 24.0 Å². The summed E-state index contributed by atoms with van der Waals surface area (Å²) in [4.78, 5) is 4.68. The van der Waals surface area contributed by atoms with Crippen LogP contribution in [0.2, 0.25) is 0 Å². The first-order valence-electron chi connectivity index (χ1n) is 10.1. The lowest BCUT2D eigenvalue weighted by atomic mass is 9.85. The summed E-state index contributed by atoms with van der Waals surface area (Å²) < 4.78 is 10.6. The van der Waals surface area contributed by atoms with Gasteiger partial charge in [0.15, 0.2) is 5.96 Å². The molecule has 28 heavy (non-hydrogen) atoms. The quantitative estimate of drug-likeness (QED) is 0.197. The van der Waals surface area contributed by atoms with Gasteiger partial charge in [0.1, 0.15) is 5.75 Å². The van der Waals surface area contributed by atoms with Crippen LogP contribution in [0.4, 0.5) is 0 Å². The fourth-order valence-electron chi connectivity index (χ4n) is 3.24. The molecule has 0 amide bonds. The molecule has 0 aliphatic heterocycles. The van der Waals surface area contributed by atoms with Crippen LogP contribution in [0, 0.1) is 0 Å². The number of hydrogen-bond acceptors (Lipinski definition) is 4. The zero-order valence-corrected chi connectivity index (χ0v) is 19.5. The average Bonchev–Trinajstić information content (AvgIpc) is 2.70. The van der Waals surface area contributed by atoms with Crippen LogP contribution in [-0.4, -0.2) is 50.1 Å². The number of halogens is 1. The zero-order chi connectivity index (χ0) is 19.4. The van der Waals surface area contributed by atoms with Crippen LogP contribution in [-0.2, 0) is 11.3 Å². The van der Waals surface area contributed by atoms with Crippen molar-refractivity contribution in [1.29, 1.82) is 0 Å². The summed E-state index contributed by atoms with van der Waals surface area (Å²) in [6.45, 7) is 5.37. The molecule has 0 radical (unpaired) electrons. The van der Waals surface area contributed by atoms with Crippen molar-refractivity contribution in [2.75, 3.05) is 33.4 Å². The van der Waals surface area contributed by atoms with Gasteiger partial charge in [-0.3, -0.25) is 0 Å². The number of nitrogens with zero attached hydrogens (tertiary/aromatic N) is 1. The number of guanidine groups is 1. The van der Waals surface area contributed by atoms with Crippen LogP contribution in [0.3, 0.4) is 0 Å². The highest BCUT2D eigenvalue weighted by molar-refractivity contribution is 14.0. The van der Waals surface area contributed by atoms with Crippen molar-refractivity contribution in [3.8, 4) is 5.75 Å². The molecule has 1 aromatic rings. The Hall–Kier alpha value is -1.06. The minimum absolute atomic E-state index is 0. The summed E-state index contributed by atoms with van der Waals surface area (Å²) in [5, 5.41) is 17.4. The maximum absolute atomic E-state index is 10.7. The molecule has 0 aromatic heterocycles. The van der Waals surface area contributed by atoms with E-state index in [9.17, 15) is 5.11 Å². The molecule has 1 aliphatic rings. The van der Waals surface area contributed by atoms with Crippen molar-refractivity contribution in [1.82, 2.24) is 10.6 Å². The van der Waals surface area contributed by atoms with E-state index in [1.54, 1.807) is 7.11 Å². The third-order valence-corrected chi connectivity index (χ3v) is 4.91. The number of benzene rings is 1. The molecule has 1 saturated carbocycles. The Morgan fingerprint density at radius 1 is 1.14 bits per heavy atom. The molecule has 1 aliphatic carbocycles. The Morgan fingerprint density at radius 2 is 1.86 bits per heavy atom. The molecule has 7 heteroatoms. The molecule has 2 rings (SSSR count). The third kappa shape index (κ3) is 9.43. The SMILES string of the molecule is CCOCCCNC(=NCc1ccc(OC)cc1)NCC1(O)CCCCC1.I. The smallest absolute Gasteiger partial charge is 0.191 e. The number of rotatable bonds is 10. The molecule has 0 heterocycles. The molecule has 1 aromatic carbocycles. The normalized spacial score (nSPS) is 16.2. The standard InChI is InChI=1S/C21H35N3O3.HI/c1-3-27-15-7-14-22-20(24-17-21(25)12-5-4-6-13-21)23-16-18-8-10-19(26-2)11-9-18;/h8-11,25H,3-7,12-17H2,1-2H3,(H2,22,23,24);1H. The summed E-state index contributed by atoms with van der Waals surface area (Å²) in [5.74, 6) is 1.58. The summed E-state index contributed by atoms with van der Waals surface area (Å²) >= 11 is 0. The van der Waals surface area contributed by atoms with Crippen LogP contribution in [0.1, 0.15) is 51.0 Å². The first-order chi connectivity index (χ1) is 13.1. The topological polar surface area (TPSA) is 75.1 Å². The summed E-state index contributed by atoms with van der Waals surface area (Å²) in [6, 6.07) is 7.92. The highest BCUT2D eigenvalue weighted by Crippen LogP contribution is 2.27. The lowest BCUT2D eigenvalue weighted by molar-refractivity contribution is 0.00857. The Morgan fingerprint density at radius 3 is 2.50 bits per heavy atom. The van der Waals surface area contributed by atoms with Crippen LogP contribution < -0.4 is 15.4 Å². The molecule has 0 bridgehead atoms. The molecule has 0 spiro atoms. The van der Waals surface area contributed by atoms with Crippen molar-refractivity contribution in [2.45, 2.75) is 57.6 Å². The maximum atomic E-state index is 10.7. The van der Waals surface area contributed by atoms with Crippen molar-refractivity contribution in [3.05, 3.63) is 29.8 Å². The van der Waals surface area contributed by atoms with E-state index in [0.717, 1.165) is 69.1 Å². The fraction of sp³-hybridized carbons (Fsp3) is 0.667. The number of nitrogens with one attached hydrogen (secondary N) is 2. The molecule has 3 N–H and O–H groups in total. The van der Waals surface area contributed by atoms with E-state index in [1.807, 2.05) is 31.2 Å². The Kier molecular flexibility index (Phi) is 12.5. The maximum Gasteiger partial charge on any atom is 0.191 e. The average molecular weight is 505 g/mol. The first kappa shape index (κ1) is 25.0. The highest BCUT2D eigenvalue weighted by atomic mass is 127. The number of ether oxygens (including phenoxy) is 2. The second-order valence-electron chi connectivity index (χ2n) is 7.13. The number of aliphatic hydroxyl groups is 1. The van der Waals surface area contributed by atoms with E-state index in [4.69, 9.17) is 9.47 Å². The van der Waals surface area contributed by atoms with Crippen molar-refractivity contribution >= 4 is 29.9 Å². The van der Waals surface area contributed by atoms with E-state index < -0.39 is 5.60 Å². The van der Waals surface area contributed by atoms with Gasteiger partial charge in [0.05, 0.1) is 19.3 Å². The Labute approximate surface area is 186 Å². The van der Waals surface area contributed by atoms with Gasteiger partial charge in [-0.2, -0.15) is 0 Å². The number of aliphatic imine (C=N–C) groups is 1. The zero-order valence-electron chi connectivity index (χ0n) is 17.2. The number of methoxy groups -OCH3 is 1. The third-order valence-electron chi connectivity index (χ3n) is 4.91. The van der Waals surface area contributed by atoms with Crippen LogP contribution in [0.15, 0.2) is 29.3 Å². The second-order valence-corrected chi connectivity index (χ2v) is 7.13. The van der Waals surface area contributed by atoms with Gasteiger partial charge in [0.25, 0.3) is 0 Å². The summed E-state index contributed by atoms with van der Waals surface area (Å²) in [6.07, 6.45) is 6.04. The number of hydrogen-bond donors (Lipinski definition) is 3. The molecule has 0 atom stereocenters. The largest absolute Gasteiger partial charge is 0.497 e. The molecule has 1 fully saturated rings. The van der Waals surface area contributed by atoms with Crippen LogP contribution >= 0.6 is 24.0 Å². The van der Waals surface area contributed by atoms with Gasteiger partial charge in [-0.05, 0) is 43.9 Å².